The van der Waals surface area contributed by atoms with Crippen molar-refractivity contribution in [2.24, 2.45) is 5.41 Å². The summed E-state index contributed by atoms with van der Waals surface area (Å²) in [5.74, 6) is -0.679. The van der Waals surface area contributed by atoms with Crippen LogP contribution in [0.5, 0.6) is 0 Å². The number of para-hydroxylation sites is 3. The third-order valence-corrected chi connectivity index (χ3v) is 9.80. The molecule has 3 unspecified atom stereocenters. The van der Waals surface area contributed by atoms with E-state index in [0.29, 0.717) is 12.8 Å². The Bertz CT molecular complexity index is 2030. The largest absolute Gasteiger partial charge is 0.462 e. The molecule has 0 radical (unpaired) electrons. The maximum Gasteiger partial charge on any atom is 0.330 e. The van der Waals surface area contributed by atoms with Crippen molar-refractivity contribution in [3.05, 3.63) is 109 Å². The molecule has 0 aliphatic heterocycles. The van der Waals surface area contributed by atoms with Gasteiger partial charge in [0, 0.05) is 62.3 Å². The average Bonchev–Trinajstić information content (AvgIpc) is 3.61. The van der Waals surface area contributed by atoms with Crippen LogP contribution in [0.3, 0.4) is 0 Å². The molecule has 0 fully saturated rings. The number of hydrogen-bond donors (Lipinski definition) is 0. The minimum atomic E-state index is -0.818. The molecule has 47 heavy (non-hydrogen) atoms. The number of carbonyl (C=O) groups is 2. The van der Waals surface area contributed by atoms with Crippen LogP contribution < -0.4 is 0 Å². The van der Waals surface area contributed by atoms with Gasteiger partial charge in [0.25, 0.3) is 0 Å². The maximum absolute atomic E-state index is 14.1. The van der Waals surface area contributed by atoms with Crippen molar-refractivity contribution in [2.75, 3.05) is 13.2 Å². The number of nitrogens with zero attached hydrogens (tertiary/aromatic N) is 2. The second kappa shape index (κ2) is 13.5. The summed E-state index contributed by atoms with van der Waals surface area (Å²) in [5.41, 5.74) is 5.17. The molecule has 242 valence electrons. The Labute approximate surface area is 276 Å². The van der Waals surface area contributed by atoms with Crippen LogP contribution in [0.15, 0.2) is 104 Å². The first-order valence-corrected chi connectivity index (χ1v) is 16.7. The van der Waals surface area contributed by atoms with Gasteiger partial charge in [-0.2, -0.15) is 0 Å². The van der Waals surface area contributed by atoms with Gasteiger partial charge in [-0.25, -0.2) is 4.79 Å². The van der Waals surface area contributed by atoms with Crippen molar-refractivity contribution in [1.82, 2.24) is 9.13 Å². The first-order chi connectivity index (χ1) is 22.8. The highest BCUT2D eigenvalue weighted by Crippen LogP contribution is 2.44. The molecule has 4 aromatic carbocycles. The Balaban J connectivity index is 1.36. The molecule has 6 aromatic rings. The molecule has 3 atom stereocenters. The van der Waals surface area contributed by atoms with Crippen molar-refractivity contribution in [3.63, 3.8) is 0 Å². The van der Waals surface area contributed by atoms with Crippen molar-refractivity contribution in [2.45, 2.75) is 65.5 Å². The highest BCUT2D eigenvalue weighted by Gasteiger charge is 2.39. The Hall–Kier alpha value is -4.84. The topological polar surface area (TPSA) is 62.5 Å². The SMILES string of the molecule is C=CC(=O)OCCOC(=O)C(C)(CC(CC)c1ccc2c(c1)c1ccccc1n2CC)CC(C)n1c2ccccc2c2ccccc21. The molecule has 6 nitrogen and oxygen atoms in total. The van der Waals surface area contributed by atoms with Crippen molar-refractivity contribution in [1.29, 1.82) is 0 Å². The van der Waals surface area contributed by atoms with Crippen molar-refractivity contribution < 1.29 is 19.1 Å². The number of aryl methyl sites for hydroxylation is 1. The summed E-state index contributed by atoms with van der Waals surface area (Å²) in [4.78, 5) is 25.7. The van der Waals surface area contributed by atoms with Gasteiger partial charge in [-0.15, -0.1) is 0 Å². The Kier molecular flexibility index (Phi) is 9.21. The van der Waals surface area contributed by atoms with E-state index in [1.54, 1.807) is 0 Å². The Morgan fingerprint density at radius 1 is 0.766 bits per heavy atom. The lowest BCUT2D eigenvalue weighted by Gasteiger charge is -2.34. The van der Waals surface area contributed by atoms with Crippen LogP contribution in [0.4, 0.5) is 0 Å². The lowest BCUT2D eigenvalue weighted by Crippen LogP contribution is -2.35. The summed E-state index contributed by atoms with van der Waals surface area (Å²) in [6.07, 6.45) is 3.18. The van der Waals surface area contributed by atoms with E-state index < -0.39 is 11.4 Å². The van der Waals surface area contributed by atoms with Crippen LogP contribution in [-0.2, 0) is 25.6 Å². The molecule has 6 rings (SSSR count). The van der Waals surface area contributed by atoms with Crippen LogP contribution in [0.2, 0.25) is 0 Å². The number of ether oxygens (including phenoxy) is 2. The normalized spacial score (nSPS) is 14.3. The zero-order chi connectivity index (χ0) is 33.1. The van der Waals surface area contributed by atoms with Gasteiger partial charge in [-0.1, -0.05) is 74.2 Å². The first kappa shape index (κ1) is 32.1. The van der Waals surface area contributed by atoms with E-state index in [-0.39, 0.29) is 31.1 Å². The van der Waals surface area contributed by atoms with E-state index >= 15 is 0 Å². The number of aromatic nitrogens is 2. The highest BCUT2D eigenvalue weighted by atomic mass is 16.6. The van der Waals surface area contributed by atoms with E-state index in [2.05, 4.69) is 127 Å². The summed E-state index contributed by atoms with van der Waals surface area (Å²) in [7, 11) is 0. The molecule has 2 aromatic heterocycles. The molecule has 0 saturated heterocycles. The standard InChI is InChI=1S/C41H44N2O4/c1-6-29(30-21-22-36-34(25-30)33-17-9-12-18-35(33)42(36)8-3)27-41(5,40(45)47-24-23-46-39(44)7-2)26-28(4)43-37-19-13-10-15-31(37)32-16-11-14-20-38(32)43/h7,9-22,25,28-29H,2,6,8,23-24,26-27H2,1,3-5H3. The predicted octanol–water partition coefficient (Wildman–Crippen LogP) is 9.74. The molecule has 6 heteroatoms. The van der Waals surface area contributed by atoms with E-state index in [1.165, 1.54) is 38.1 Å². The third kappa shape index (κ3) is 6.05. The maximum atomic E-state index is 14.1. The van der Waals surface area contributed by atoms with Crippen LogP contribution in [0.1, 0.15) is 64.5 Å². The zero-order valence-electron chi connectivity index (χ0n) is 27.9. The minimum absolute atomic E-state index is 0.00143. The van der Waals surface area contributed by atoms with Gasteiger partial charge in [0.15, 0.2) is 0 Å². The van der Waals surface area contributed by atoms with Gasteiger partial charge < -0.3 is 18.6 Å². The van der Waals surface area contributed by atoms with Crippen LogP contribution >= 0.6 is 0 Å². The summed E-state index contributed by atoms with van der Waals surface area (Å²) in [5, 5.41) is 4.89. The van der Waals surface area contributed by atoms with E-state index in [4.69, 9.17) is 9.47 Å². The number of benzene rings is 4. The van der Waals surface area contributed by atoms with Gasteiger partial charge in [0.1, 0.15) is 13.2 Å². The van der Waals surface area contributed by atoms with E-state index in [0.717, 1.165) is 30.1 Å². The van der Waals surface area contributed by atoms with Gasteiger partial charge in [0.2, 0.25) is 0 Å². The lowest BCUT2D eigenvalue weighted by molar-refractivity contribution is -0.160. The molecule has 0 spiro atoms. The van der Waals surface area contributed by atoms with Crippen LogP contribution in [-0.4, -0.2) is 34.3 Å². The second-order valence-electron chi connectivity index (χ2n) is 12.9. The van der Waals surface area contributed by atoms with Crippen LogP contribution in [0.25, 0.3) is 43.6 Å². The molecule has 0 saturated carbocycles. The fraction of sp³-hybridized carbons (Fsp3) is 0.317. The molecule has 0 aliphatic carbocycles. The fourth-order valence-electron chi connectivity index (χ4n) is 7.64. The summed E-state index contributed by atoms with van der Waals surface area (Å²) < 4.78 is 15.7. The number of fused-ring (bicyclic) bond motifs is 6. The quantitative estimate of drug-likeness (QED) is 0.0726. The van der Waals surface area contributed by atoms with Gasteiger partial charge in [0.05, 0.1) is 5.41 Å². The fourth-order valence-corrected chi connectivity index (χ4v) is 7.64. The summed E-state index contributed by atoms with van der Waals surface area (Å²) in [6.45, 7) is 12.9. The molecular weight excluding hydrogens is 584 g/mol. The Morgan fingerprint density at radius 2 is 1.32 bits per heavy atom. The van der Waals surface area contributed by atoms with Gasteiger partial charge >= 0.3 is 11.9 Å². The van der Waals surface area contributed by atoms with Crippen molar-refractivity contribution >= 4 is 55.6 Å². The number of hydrogen-bond acceptors (Lipinski definition) is 4. The van der Waals surface area contributed by atoms with E-state index in [9.17, 15) is 9.59 Å². The predicted molar refractivity (Wildman–Crippen MR) is 192 cm³/mol. The smallest absolute Gasteiger partial charge is 0.330 e. The average molecular weight is 629 g/mol. The Morgan fingerprint density at radius 3 is 1.91 bits per heavy atom. The molecule has 0 amide bonds. The zero-order valence-corrected chi connectivity index (χ0v) is 27.9. The number of esters is 2. The number of carbonyl (C=O) groups excluding carboxylic acids is 2. The lowest BCUT2D eigenvalue weighted by atomic mass is 9.73. The first-order valence-electron chi connectivity index (χ1n) is 16.7. The second-order valence-corrected chi connectivity index (χ2v) is 12.9. The molecular formula is C41H44N2O4. The van der Waals surface area contributed by atoms with Gasteiger partial charge in [-0.3, -0.25) is 4.79 Å². The molecule has 0 N–H and O–H groups in total. The summed E-state index contributed by atoms with van der Waals surface area (Å²) >= 11 is 0. The molecule has 0 bridgehead atoms. The van der Waals surface area contributed by atoms with Gasteiger partial charge in [-0.05, 0) is 81.8 Å². The minimum Gasteiger partial charge on any atom is -0.462 e. The monoisotopic (exact) mass is 628 g/mol. The molecule has 0 aliphatic rings. The van der Waals surface area contributed by atoms with Crippen LogP contribution in [0, 0.1) is 5.41 Å². The van der Waals surface area contributed by atoms with E-state index in [1.807, 2.05) is 6.92 Å². The third-order valence-electron chi connectivity index (χ3n) is 9.80. The highest BCUT2D eigenvalue weighted by molar-refractivity contribution is 6.09. The van der Waals surface area contributed by atoms with Crippen molar-refractivity contribution in [3.8, 4) is 0 Å². The summed E-state index contributed by atoms with van der Waals surface area (Å²) in [6, 6.07) is 32.3. The molecule has 2 heterocycles. The number of rotatable bonds is 13.